The molecule has 6 heteroatoms. The highest BCUT2D eigenvalue weighted by atomic mass is 32.1. The molecule has 5 nitrogen and oxygen atoms in total. The first-order chi connectivity index (χ1) is 13.9. The Balaban J connectivity index is 1.66. The molecule has 0 aliphatic carbocycles. The Morgan fingerprint density at radius 3 is 2.59 bits per heavy atom. The van der Waals surface area contributed by atoms with Crippen LogP contribution in [-0.2, 0) is 11.2 Å². The first-order valence-corrected chi connectivity index (χ1v) is 10.7. The second-order valence-corrected chi connectivity index (χ2v) is 8.86. The number of hydrogen-bond donors (Lipinski definition) is 1. The molecule has 1 saturated heterocycles. The number of aryl methyl sites for hydroxylation is 1. The number of rotatable bonds is 6. The summed E-state index contributed by atoms with van der Waals surface area (Å²) in [4.78, 5) is 30.3. The van der Waals surface area contributed by atoms with Gasteiger partial charge in [0.2, 0.25) is 5.91 Å². The first kappa shape index (κ1) is 21.3. The number of phenolic OH excluding ortho intramolecular Hbond substituents is 1. The van der Waals surface area contributed by atoms with Crippen LogP contribution in [0, 0.1) is 6.92 Å². The normalized spacial score (nSPS) is 16.3. The van der Waals surface area contributed by atoms with E-state index in [1.165, 1.54) is 4.88 Å². The number of allylic oxidation sites excluding steroid dienone is 1. The summed E-state index contributed by atoms with van der Waals surface area (Å²) in [5, 5.41) is 9.91. The average molecular weight is 413 g/mol. The van der Waals surface area contributed by atoms with Crippen molar-refractivity contribution in [3.8, 4) is 5.75 Å². The van der Waals surface area contributed by atoms with Gasteiger partial charge in [0, 0.05) is 41.9 Å². The van der Waals surface area contributed by atoms with Crippen LogP contribution in [0.5, 0.6) is 5.75 Å². The van der Waals surface area contributed by atoms with Gasteiger partial charge in [-0.25, -0.2) is 0 Å². The van der Waals surface area contributed by atoms with Gasteiger partial charge in [0.05, 0.1) is 12.0 Å². The highest BCUT2D eigenvalue weighted by Gasteiger charge is 2.20. The van der Waals surface area contributed by atoms with Crippen molar-refractivity contribution in [2.75, 3.05) is 33.2 Å². The fourth-order valence-corrected chi connectivity index (χ4v) is 4.50. The van der Waals surface area contributed by atoms with E-state index >= 15 is 0 Å². The van der Waals surface area contributed by atoms with E-state index in [-0.39, 0.29) is 17.6 Å². The molecule has 1 fully saturated rings. The zero-order valence-electron chi connectivity index (χ0n) is 17.2. The minimum atomic E-state index is -0.00117. The van der Waals surface area contributed by atoms with Gasteiger partial charge in [-0.2, -0.15) is 0 Å². The molecule has 0 radical (unpaired) electrons. The second-order valence-electron chi connectivity index (χ2n) is 7.66. The third kappa shape index (κ3) is 5.14. The standard InChI is InChI=1S/C23H28N2O3S/c1-16-5-8-21(27)20(15-26)19(16)7-4-17(2)22-9-6-18(29-22)14-23(28)25-12-10-24(3)11-13-25/h4-9,15,17,27H,10-14H2,1-3H3/b7-4-. The number of benzene rings is 1. The van der Waals surface area contributed by atoms with Gasteiger partial charge in [-0.3, -0.25) is 9.59 Å². The lowest BCUT2D eigenvalue weighted by atomic mass is 9.99. The number of piperazine rings is 1. The van der Waals surface area contributed by atoms with Crippen molar-refractivity contribution in [3.05, 3.63) is 56.8 Å². The summed E-state index contributed by atoms with van der Waals surface area (Å²) in [6.45, 7) is 7.47. The lowest BCUT2D eigenvalue weighted by Gasteiger charge is -2.32. The predicted molar refractivity (Wildman–Crippen MR) is 118 cm³/mol. The van der Waals surface area contributed by atoms with Gasteiger partial charge in [0.25, 0.3) is 0 Å². The van der Waals surface area contributed by atoms with Crippen molar-refractivity contribution in [2.24, 2.45) is 0 Å². The number of likely N-dealkylation sites (N-methyl/N-ethyl adjacent to an activating group) is 1. The molecule has 1 aromatic heterocycles. The van der Waals surface area contributed by atoms with Crippen LogP contribution in [0.4, 0.5) is 0 Å². The summed E-state index contributed by atoms with van der Waals surface area (Å²) in [5.74, 6) is 0.341. The third-order valence-corrected chi connectivity index (χ3v) is 6.75. The maximum Gasteiger partial charge on any atom is 0.227 e. The van der Waals surface area contributed by atoms with Crippen LogP contribution in [0.2, 0.25) is 0 Å². The van der Waals surface area contributed by atoms with Crippen molar-refractivity contribution in [1.82, 2.24) is 9.80 Å². The SMILES string of the molecule is Cc1ccc(O)c(C=O)c1/C=C\C(C)c1ccc(CC(=O)N2CCN(C)CC2)s1. The van der Waals surface area contributed by atoms with Crippen molar-refractivity contribution < 1.29 is 14.7 Å². The summed E-state index contributed by atoms with van der Waals surface area (Å²) < 4.78 is 0. The van der Waals surface area contributed by atoms with E-state index in [1.54, 1.807) is 23.5 Å². The van der Waals surface area contributed by atoms with Crippen molar-refractivity contribution >= 4 is 29.6 Å². The van der Waals surface area contributed by atoms with Crippen LogP contribution in [0.1, 0.15) is 44.1 Å². The maximum absolute atomic E-state index is 12.5. The van der Waals surface area contributed by atoms with E-state index in [9.17, 15) is 14.7 Å². The number of aromatic hydroxyl groups is 1. The fourth-order valence-electron chi connectivity index (χ4n) is 3.47. The Morgan fingerprint density at radius 2 is 1.90 bits per heavy atom. The van der Waals surface area contributed by atoms with Crippen LogP contribution in [0.25, 0.3) is 6.08 Å². The molecular formula is C23H28N2O3S. The molecule has 1 unspecified atom stereocenters. The van der Waals surface area contributed by atoms with Gasteiger partial charge in [-0.1, -0.05) is 25.1 Å². The molecule has 2 aromatic rings. The fraction of sp³-hybridized carbons (Fsp3) is 0.391. The van der Waals surface area contributed by atoms with Gasteiger partial charge >= 0.3 is 0 Å². The third-order valence-electron chi connectivity index (χ3n) is 5.46. The lowest BCUT2D eigenvalue weighted by molar-refractivity contribution is -0.131. The lowest BCUT2D eigenvalue weighted by Crippen LogP contribution is -2.47. The monoisotopic (exact) mass is 412 g/mol. The summed E-state index contributed by atoms with van der Waals surface area (Å²) in [6.07, 6.45) is 5.08. The van der Waals surface area contributed by atoms with Crippen LogP contribution >= 0.6 is 11.3 Å². The van der Waals surface area contributed by atoms with Gasteiger partial charge < -0.3 is 14.9 Å². The molecular weight excluding hydrogens is 384 g/mol. The minimum absolute atomic E-state index is 0.00117. The highest BCUT2D eigenvalue weighted by Crippen LogP contribution is 2.29. The Kier molecular flexibility index (Phi) is 6.87. The zero-order chi connectivity index (χ0) is 21.0. The minimum Gasteiger partial charge on any atom is -0.507 e. The van der Waals surface area contributed by atoms with Crippen molar-refractivity contribution in [3.63, 3.8) is 0 Å². The van der Waals surface area contributed by atoms with Crippen molar-refractivity contribution in [2.45, 2.75) is 26.2 Å². The van der Waals surface area contributed by atoms with Crippen LogP contribution in [0.3, 0.4) is 0 Å². The number of phenols is 1. The van der Waals surface area contributed by atoms with Gasteiger partial charge in [-0.05, 0) is 43.3 Å². The summed E-state index contributed by atoms with van der Waals surface area (Å²) in [5.41, 5.74) is 2.00. The summed E-state index contributed by atoms with van der Waals surface area (Å²) >= 11 is 1.66. The predicted octanol–water partition coefficient (Wildman–Crippen LogP) is 3.71. The van der Waals surface area contributed by atoms with E-state index in [2.05, 4.69) is 24.9 Å². The zero-order valence-corrected chi connectivity index (χ0v) is 18.0. The van der Waals surface area contributed by atoms with E-state index in [4.69, 9.17) is 0 Å². The molecule has 1 aliphatic heterocycles. The van der Waals surface area contributed by atoms with Gasteiger partial charge in [0.15, 0.2) is 6.29 Å². The number of nitrogens with zero attached hydrogens (tertiary/aromatic N) is 2. The molecule has 154 valence electrons. The Morgan fingerprint density at radius 1 is 1.17 bits per heavy atom. The average Bonchev–Trinajstić information content (AvgIpc) is 3.17. The number of hydrogen-bond acceptors (Lipinski definition) is 5. The Hall–Kier alpha value is -2.44. The van der Waals surface area contributed by atoms with Crippen LogP contribution in [-0.4, -0.2) is 60.3 Å². The number of aldehydes is 1. The number of carbonyl (C=O) groups excluding carboxylic acids is 2. The van der Waals surface area contributed by atoms with Crippen molar-refractivity contribution in [1.29, 1.82) is 0 Å². The first-order valence-electron chi connectivity index (χ1n) is 9.90. The molecule has 0 spiro atoms. The molecule has 1 aromatic carbocycles. The van der Waals surface area contributed by atoms with E-state index < -0.39 is 0 Å². The molecule has 29 heavy (non-hydrogen) atoms. The highest BCUT2D eigenvalue weighted by molar-refractivity contribution is 7.12. The Bertz CT molecular complexity index is 911. The molecule has 1 amide bonds. The number of amides is 1. The summed E-state index contributed by atoms with van der Waals surface area (Å²) in [6, 6.07) is 7.46. The number of carbonyl (C=O) groups is 2. The van der Waals surface area contributed by atoms with E-state index in [1.807, 2.05) is 30.0 Å². The molecule has 2 heterocycles. The topological polar surface area (TPSA) is 60.9 Å². The molecule has 3 rings (SSSR count). The van der Waals surface area contributed by atoms with Crippen LogP contribution < -0.4 is 0 Å². The molecule has 1 N–H and O–H groups in total. The van der Waals surface area contributed by atoms with Crippen LogP contribution in [0.15, 0.2) is 30.3 Å². The Labute approximate surface area is 176 Å². The molecule has 1 aliphatic rings. The van der Waals surface area contributed by atoms with Gasteiger partial charge in [0.1, 0.15) is 5.75 Å². The smallest absolute Gasteiger partial charge is 0.227 e. The van der Waals surface area contributed by atoms with E-state index in [0.29, 0.717) is 18.3 Å². The molecule has 0 bridgehead atoms. The summed E-state index contributed by atoms with van der Waals surface area (Å²) in [7, 11) is 2.08. The quantitative estimate of drug-likeness (QED) is 0.735. The molecule has 0 saturated carbocycles. The van der Waals surface area contributed by atoms with E-state index in [0.717, 1.165) is 42.2 Å². The second kappa shape index (κ2) is 9.37. The largest absolute Gasteiger partial charge is 0.507 e. The van der Waals surface area contributed by atoms with Gasteiger partial charge in [-0.15, -0.1) is 11.3 Å². The number of thiophene rings is 1. The molecule has 1 atom stereocenters. The maximum atomic E-state index is 12.5.